The van der Waals surface area contributed by atoms with Gasteiger partial charge in [0.2, 0.25) is 5.78 Å². The van der Waals surface area contributed by atoms with Crippen molar-refractivity contribution in [2.75, 3.05) is 0 Å². The van der Waals surface area contributed by atoms with Crippen LogP contribution in [-0.2, 0) is 13.2 Å². The van der Waals surface area contributed by atoms with Gasteiger partial charge in [-0.05, 0) is 50.3 Å². The number of carbonyl (C=O) groups is 1. The molecule has 0 radical (unpaired) electrons. The van der Waals surface area contributed by atoms with Gasteiger partial charge in [-0.15, -0.1) is 0 Å². The summed E-state index contributed by atoms with van der Waals surface area (Å²) in [6, 6.07) is 15.7. The summed E-state index contributed by atoms with van der Waals surface area (Å²) >= 11 is 6.10. The van der Waals surface area contributed by atoms with Crippen LogP contribution >= 0.6 is 11.6 Å². The van der Waals surface area contributed by atoms with Crippen molar-refractivity contribution in [2.24, 2.45) is 0 Å². The Bertz CT molecular complexity index is 1440. The minimum atomic E-state index is -0.397. The van der Waals surface area contributed by atoms with Crippen LogP contribution in [0, 0.1) is 12.7 Å². The van der Waals surface area contributed by atoms with Crippen LogP contribution in [0.4, 0.5) is 4.39 Å². The third-order valence-corrected chi connectivity index (χ3v) is 6.23. The summed E-state index contributed by atoms with van der Waals surface area (Å²) in [7, 11) is 0. The van der Waals surface area contributed by atoms with Gasteiger partial charge in [-0.25, -0.2) is 4.39 Å². The number of rotatable bonds is 5. The van der Waals surface area contributed by atoms with Gasteiger partial charge in [-0.3, -0.25) is 4.79 Å². The molecule has 0 spiro atoms. The van der Waals surface area contributed by atoms with Crippen LogP contribution in [-0.4, -0.2) is 10.4 Å². The third kappa shape index (κ3) is 3.79. The number of ether oxygens (including phenoxy) is 2. The number of hydrogen-bond donors (Lipinski definition) is 0. The Morgan fingerprint density at radius 1 is 1.15 bits per heavy atom. The van der Waals surface area contributed by atoms with Crippen LogP contribution < -0.4 is 9.47 Å². The molecule has 166 valence electrons. The molecule has 0 atom stereocenters. The molecule has 0 saturated heterocycles. The number of aromatic nitrogens is 1. The van der Waals surface area contributed by atoms with E-state index in [1.807, 2.05) is 31.3 Å². The Morgan fingerprint density at radius 2 is 1.97 bits per heavy atom. The summed E-state index contributed by atoms with van der Waals surface area (Å²) in [6.45, 7) is 4.93. The number of nitrogens with zero attached hydrogens (tertiary/aromatic N) is 1. The number of halogens is 2. The van der Waals surface area contributed by atoms with Crippen molar-refractivity contribution < 1.29 is 18.7 Å². The van der Waals surface area contributed by atoms with E-state index in [4.69, 9.17) is 21.1 Å². The van der Waals surface area contributed by atoms with E-state index >= 15 is 0 Å². The molecule has 0 bridgehead atoms. The Labute approximate surface area is 195 Å². The zero-order valence-corrected chi connectivity index (χ0v) is 18.9. The topological polar surface area (TPSA) is 40.5 Å². The van der Waals surface area contributed by atoms with Gasteiger partial charge in [0.25, 0.3) is 0 Å². The smallest absolute Gasteiger partial charge is 0.231 e. The van der Waals surface area contributed by atoms with E-state index in [0.717, 1.165) is 28.6 Å². The first-order valence-electron chi connectivity index (χ1n) is 10.7. The number of hydrogen-bond acceptors (Lipinski definition) is 3. The fraction of sp³-hybridized carbons (Fsp3) is 0.148. The van der Waals surface area contributed by atoms with Crippen molar-refractivity contribution in [3.05, 3.63) is 99.6 Å². The third-order valence-electron chi connectivity index (χ3n) is 5.88. The fourth-order valence-electron chi connectivity index (χ4n) is 4.11. The van der Waals surface area contributed by atoms with Crippen molar-refractivity contribution in [2.45, 2.75) is 27.0 Å². The molecule has 5 rings (SSSR count). The molecule has 0 fully saturated rings. The Balaban J connectivity index is 1.44. The van der Waals surface area contributed by atoms with Crippen molar-refractivity contribution >= 4 is 34.4 Å². The number of fused-ring (bicyclic) bond motifs is 2. The van der Waals surface area contributed by atoms with Crippen LogP contribution in [0.2, 0.25) is 5.02 Å². The van der Waals surface area contributed by atoms with E-state index < -0.39 is 5.82 Å². The maximum absolute atomic E-state index is 13.3. The van der Waals surface area contributed by atoms with E-state index in [1.54, 1.807) is 24.3 Å². The second kappa shape index (κ2) is 8.41. The molecule has 3 aromatic carbocycles. The van der Waals surface area contributed by atoms with Gasteiger partial charge >= 0.3 is 0 Å². The molecule has 0 unspecified atom stereocenters. The summed E-state index contributed by atoms with van der Waals surface area (Å²) in [6.07, 6.45) is 3.83. The zero-order valence-electron chi connectivity index (χ0n) is 18.2. The molecule has 1 aliphatic heterocycles. The van der Waals surface area contributed by atoms with Crippen LogP contribution in [0.25, 0.3) is 17.0 Å². The highest BCUT2D eigenvalue weighted by Gasteiger charge is 2.30. The normalized spacial score (nSPS) is 14.1. The molecule has 0 N–H and O–H groups in total. The maximum atomic E-state index is 13.3. The van der Waals surface area contributed by atoms with E-state index in [9.17, 15) is 9.18 Å². The minimum absolute atomic E-state index is 0.158. The molecular weight excluding hydrogens is 441 g/mol. The van der Waals surface area contributed by atoms with E-state index in [0.29, 0.717) is 27.6 Å². The van der Waals surface area contributed by atoms with Gasteiger partial charge in [0.1, 0.15) is 23.9 Å². The summed E-state index contributed by atoms with van der Waals surface area (Å²) < 4.78 is 27.4. The van der Waals surface area contributed by atoms with Crippen LogP contribution in [0.1, 0.15) is 34.0 Å². The van der Waals surface area contributed by atoms with Gasteiger partial charge in [0, 0.05) is 40.3 Å². The summed E-state index contributed by atoms with van der Waals surface area (Å²) in [5.41, 5.74) is 3.94. The molecule has 4 aromatic rings. The molecule has 1 aliphatic rings. The second-order valence-electron chi connectivity index (χ2n) is 7.92. The predicted molar refractivity (Wildman–Crippen MR) is 127 cm³/mol. The first kappa shape index (κ1) is 21.3. The predicted octanol–water partition coefficient (Wildman–Crippen LogP) is 6.96. The molecule has 6 heteroatoms. The van der Waals surface area contributed by atoms with Crippen LogP contribution in [0.15, 0.2) is 66.6 Å². The van der Waals surface area contributed by atoms with Crippen molar-refractivity contribution in [3.63, 3.8) is 0 Å². The standard InChI is InChI=1S/C27H21ClFNO3/c1-3-30-14-18(20-6-4-5-7-23(20)30)12-25-26(31)21-10-11-24(16(2)27(21)33-25)32-15-17-8-9-19(29)13-22(17)28/h4-14H,3,15H2,1-2H3. The molecule has 0 amide bonds. The van der Waals surface area contributed by atoms with Crippen molar-refractivity contribution in [1.82, 2.24) is 4.57 Å². The van der Waals surface area contributed by atoms with Gasteiger partial charge < -0.3 is 14.0 Å². The lowest BCUT2D eigenvalue weighted by molar-refractivity contribution is 0.101. The molecule has 0 saturated carbocycles. The zero-order chi connectivity index (χ0) is 23.1. The fourth-order valence-corrected chi connectivity index (χ4v) is 4.33. The van der Waals surface area contributed by atoms with Crippen LogP contribution in [0.5, 0.6) is 11.5 Å². The average molecular weight is 462 g/mol. The number of Topliss-reactive ketones (excluding diaryl/α,β-unsaturated/α-hetero) is 1. The summed E-state index contributed by atoms with van der Waals surface area (Å²) in [4.78, 5) is 13.0. The number of ketones is 1. The van der Waals surface area contributed by atoms with Gasteiger partial charge in [-0.2, -0.15) is 0 Å². The largest absolute Gasteiger partial charge is 0.488 e. The molecule has 33 heavy (non-hydrogen) atoms. The highest BCUT2D eigenvalue weighted by Crippen LogP contribution is 2.40. The Kier molecular flexibility index (Phi) is 5.43. The lowest BCUT2D eigenvalue weighted by Gasteiger charge is -2.12. The van der Waals surface area contributed by atoms with Gasteiger partial charge in [0.05, 0.1) is 10.6 Å². The number of aryl methyl sites for hydroxylation is 1. The van der Waals surface area contributed by atoms with Crippen LogP contribution in [0.3, 0.4) is 0 Å². The number of allylic oxidation sites excluding steroid dienone is 1. The lowest BCUT2D eigenvalue weighted by atomic mass is 10.1. The maximum Gasteiger partial charge on any atom is 0.231 e. The van der Waals surface area contributed by atoms with Gasteiger partial charge in [0.15, 0.2) is 5.76 Å². The van der Waals surface area contributed by atoms with Crippen molar-refractivity contribution in [3.8, 4) is 11.5 Å². The van der Waals surface area contributed by atoms with E-state index in [-0.39, 0.29) is 18.1 Å². The van der Waals surface area contributed by atoms with E-state index in [2.05, 4.69) is 17.6 Å². The highest BCUT2D eigenvalue weighted by molar-refractivity contribution is 6.31. The Hall–Kier alpha value is -3.57. The lowest BCUT2D eigenvalue weighted by Crippen LogP contribution is -1.99. The summed E-state index contributed by atoms with van der Waals surface area (Å²) in [5, 5.41) is 1.37. The van der Waals surface area contributed by atoms with E-state index in [1.165, 1.54) is 12.1 Å². The molecule has 0 aliphatic carbocycles. The summed E-state index contributed by atoms with van der Waals surface area (Å²) in [5.74, 6) is 0.796. The molecule has 2 heterocycles. The SMILES string of the molecule is CCn1cc(C=C2Oc3c(ccc(OCc4ccc(F)cc4Cl)c3C)C2=O)c2ccccc21. The second-order valence-corrected chi connectivity index (χ2v) is 8.32. The van der Waals surface area contributed by atoms with Crippen molar-refractivity contribution in [1.29, 1.82) is 0 Å². The molecule has 4 nitrogen and oxygen atoms in total. The molecule has 1 aromatic heterocycles. The molecular formula is C27H21ClFNO3. The number of carbonyl (C=O) groups excluding carboxylic acids is 1. The monoisotopic (exact) mass is 461 g/mol. The van der Waals surface area contributed by atoms with Gasteiger partial charge in [-0.1, -0.05) is 35.9 Å². The minimum Gasteiger partial charge on any atom is -0.488 e. The quantitative estimate of drug-likeness (QED) is 0.302. The average Bonchev–Trinajstić information content (AvgIpc) is 3.33. The first-order valence-corrected chi connectivity index (χ1v) is 11.1. The number of benzene rings is 3. The first-order chi connectivity index (χ1) is 16.0. The Morgan fingerprint density at radius 3 is 2.76 bits per heavy atom. The number of para-hydroxylation sites is 1. The highest BCUT2D eigenvalue weighted by atomic mass is 35.5.